The van der Waals surface area contributed by atoms with Gasteiger partial charge in [-0.3, -0.25) is 9.67 Å². The van der Waals surface area contributed by atoms with Crippen LogP contribution in [0.2, 0.25) is 0 Å². The molecule has 0 amide bonds. The maximum atomic E-state index is 11.8. The molecular weight excluding hydrogens is 484 g/mol. The van der Waals surface area contributed by atoms with E-state index in [4.69, 9.17) is 10.1 Å². The van der Waals surface area contributed by atoms with Crippen LogP contribution in [-0.2, 0) is 16.4 Å². The largest absolute Gasteiger partial charge is 0.340 e. The predicted octanol–water partition coefficient (Wildman–Crippen LogP) is 4.71. The fourth-order valence-electron chi connectivity index (χ4n) is 4.80. The van der Waals surface area contributed by atoms with Crippen LogP contribution in [0.4, 0.5) is 11.5 Å². The molecule has 2 N–H and O–H groups in total. The number of hydrogen-bond acceptors (Lipinski definition) is 7. The van der Waals surface area contributed by atoms with Gasteiger partial charge in [-0.05, 0) is 80.4 Å². The van der Waals surface area contributed by atoms with Gasteiger partial charge in [0.2, 0.25) is 0 Å². The molecule has 0 atom stereocenters. The molecule has 0 bridgehead atoms. The Morgan fingerprint density at radius 2 is 1.86 bits per heavy atom. The van der Waals surface area contributed by atoms with Gasteiger partial charge in [0.15, 0.2) is 9.84 Å². The average molecular weight is 513 g/mol. The molecule has 0 spiro atoms. The van der Waals surface area contributed by atoms with Crippen molar-refractivity contribution >= 4 is 43.0 Å². The molecule has 1 fully saturated rings. The summed E-state index contributed by atoms with van der Waals surface area (Å²) < 4.78 is 25.6. The van der Waals surface area contributed by atoms with E-state index in [9.17, 15) is 8.42 Å². The van der Waals surface area contributed by atoms with Crippen LogP contribution in [0.5, 0.6) is 0 Å². The molecule has 1 saturated heterocycles. The zero-order valence-electron chi connectivity index (χ0n) is 20.8. The van der Waals surface area contributed by atoms with Gasteiger partial charge in [-0.1, -0.05) is 6.07 Å². The molecule has 0 aliphatic carbocycles. The van der Waals surface area contributed by atoms with Crippen LogP contribution in [0, 0.1) is 12.8 Å². The second-order valence-corrected chi connectivity index (χ2v) is 11.8. The zero-order valence-corrected chi connectivity index (χ0v) is 21.6. The Morgan fingerprint density at radius 1 is 1.05 bits per heavy atom. The van der Waals surface area contributed by atoms with E-state index in [1.807, 2.05) is 24.5 Å². The first-order valence-corrected chi connectivity index (χ1v) is 14.2. The summed E-state index contributed by atoms with van der Waals surface area (Å²) in [6.07, 6.45) is 8.13. The van der Waals surface area contributed by atoms with Gasteiger partial charge in [-0.15, -0.1) is 0 Å². The summed E-state index contributed by atoms with van der Waals surface area (Å²) in [7, 11) is -3.24. The Bertz CT molecular complexity index is 1720. The number of nitrogens with zero attached hydrogens (tertiary/aromatic N) is 4. The Labute approximate surface area is 215 Å². The highest BCUT2D eigenvalue weighted by Crippen LogP contribution is 2.33. The highest BCUT2D eigenvalue weighted by Gasteiger charge is 2.17. The van der Waals surface area contributed by atoms with Gasteiger partial charge in [0.1, 0.15) is 5.82 Å². The number of sulfone groups is 1. The number of fused-ring (bicyclic) bond motifs is 2. The molecule has 2 aromatic carbocycles. The lowest BCUT2D eigenvalue weighted by Gasteiger charge is -2.26. The number of anilines is 2. The lowest BCUT2D eigenvalue weighted by molar-refractivity contribution is 0.307. The first kappa shape index (κ1) is 23.6. The van der Waals surface area contributed by atoms with Crippen molar-refractivity contribution in [2.75, 3.05) is 24.7 Å². The topological polar surface area (TPSA) is 102 Å². The minimum atomic E-state index is -3.24. The predicted molar refractivity (Wildman–Crippen MR) is 147 cm³/mol. The van der Waals surface area contributed by atoms with Crippen molar-refractivity contribution in [2.45, 2.75) is 24.8 Å². The van der Waals surface area contributed by atoms with Crippen LogP contribution in [-0.4, -0.2) is 47.5 Å². The van der Waals surface area contributed by atoms with E-state index in [0.29, 0.717) is 5.82 Å². The summed E-state index contributed by atoms with van der Waals surface area (Å²) in [4.78, 5) is 9.60. The van der Waals surface area contributed by atoms with Crippen molar-refractivity contribution in [2.24, 2.45) is 5.92 Å². The van der Waals surface area contributed by atoms with E-state index in [1.165, 1.54) is 6.26 Å². The summed E-state index contributed by atoms with van der Waals surface area (Å²) in [6.45, 7) is 5.26. The molecular formula is C28H28N6O2S. The molecule has 37 heavy (non-hydrogen) atoms. The maximum Gasteiger partial charge on any atom is 0.175 e. The second-order valence-electron chi connectivity index (χ2n) is 9.75. The highest BCUT2D eigenvalue weighted by atomic mass is 32.2. The second kappa shape index (κ2) is 9.24. The molecule has 5 aromatic rings. The molecule has 1 aliphatic heterocycles. The molecule has 9 heteroatoms. The molecule has 3 aromatic heterocycles. The highest BCUT2D eigenvalue weighted by molar-refractivity contribution is 7.90. The molecule has 0 unspecified atom stereocenters. The third-order valence-electron chi connectivity index (χ3n) is 7.10. The van der Waals surface area contributed by atoms with Gasteiger partial charge >= 0.3 is 0 Å². The number of nitrogens with one attached hydrogen (secondary N) is 2. The number of aromatic nitrogens is 4. The monoisotopic (exact) mass is 512 g/mol. The quantitative estimate of drug-likeness (QED) is 0.326. The number of pyridine rings is 2. The average Bonchev–Trinajstić information content (AvgIpc) is 3.27. The van der Waals surface area contributed by atoms with Crippen molar-refractivity contribution in [3.63, 3.8) is 0 Å². The van der Waals surface area contributed by atoms with E-state index < -0.39 is 9.84 Å². The molecule has 0 saturated carbocycles. The number of benzene rings is 2. The maximum absolute atomic E-state index is 11.8. The van der Waals surface area contributed by atoms with Gasteiger partial charge in [-0.25, -0.2) is 13.4 Å². The van der Waals surface area contributed by atoms with E-state index >= 15 is 0 Å². The Balaban J connectivity index is 1.33. The van der Waals surface area contributed by atoms with E-state index in [2.05, 4.69) is 45.6 Å². The van der Waals surface area contributed by atoms with Crippen LogP contribution < -0.4 is 10.6 Å². The number of hydrogen-bond donors (Lipinski definition) is 2. The minimum absolute atomic E-state index is 0.283. The van der Waals surface area contributed by atoms with Crippen molar-refractivity contribution in [3.05, 3.63) is 72.7 Å². The van der Waals surface area contributed by atoms with Crippen molar-refractivity contribution in [1.29, 1.82) is 0 Å². The van der Waals surface area contributed by atoms with E-state index in [0.717, 1.165) is 76.2 Å². The third kappa shape index (κ3) is 4.68. The van der Waals surface area contributed by atoms with E-state index in [-0.39, 0.29) is 4.90 Å². The summed E-state index contributed by atoms with van der Waals surface area (Å²) in [5, 5.41) is 14.5. The minimum Gasteiger partial charge on any atom is -0.340 e. The van der Waals surface area contributed by atoms with Crippen molar-refractivity contribution in [1.82, 2.24) is 25.1 Å². The van der Waals surface area contributed by atoms with Crippen LogP contribution >= 0.6 is 0 Å². The molecule has 6 rings (SSSR count). The molecule has 4 heterocycles. The Hall–Kier alpha value is -3.82. The number of aryl methyl sites for hydroxylation is 2. The lowest BCUT2D eigenvalue weighted by atomic mass is 9.98. The first-order chi connectivity index (χ1) is 17.8. The van der Waals surface area contributed by atoms with Gasteiger partial charge < -0.3 is 10.6 Å². The molecule has 8 nitrogen and oxygen atoms in total. The van der Waals surface area contributed by atoms with Gasteiger partial charge in [0, 0.05) is 58.8 Å². The summed E-state index contributed by atoms with van der Waals surface area (Å²) in [5.74, 6) is 1.41. The summed E-state index contributed by atoms with van der Waals surface area (Å²) in [5.41, 5.74) is 4.86. The van der Waals surface area contributed by atoms with Gasteiger partial charge in [0.25, 0.3) is 0 Å². The third-order valence-corrected chi connectivity index (χ3v) is 8.22. The molecule has 188 valence electrons. The van der Waals surface area contributed by atoms with Crippen LogP contribution in [0.3, 0.4) is 0 Å². The standard InChI is InChI=1S/C28H28N6O2S/c1-18-23(7-8-26-25(18)17-34(33-26)12-10-19-14-29-15-19)28-24-13-27(31-16-20(24)9-11-30-28)32-21-3-5-22(6-4-21)37(2,35)36/h3-9,11,13,16-17,19,29H,10,12,14-15H2,1-2H3,(H,31,32). The summed E-state index contributed by atoms with van der Waals surface area (Å²) in [6, 6.07) is 14.8. The van der Waals surface area contributed by atoms with Crippen LogP contribution in [0.15, 0.2) is 72.0 Å². The van der Waals surface area contributed by atoms with Crippen LogP contribution in [0.1, 0.15) is 12.0 Å². The van der Waals surface area contributed by atoms with Crippen molar-refractivity contribution in [3.8, 4) is 11.3 Å². The zero-order chi connectivity index (χ0) is 25.6. The van der Waals surface area contributed by atoms with Gasteiger partial charge in [-0.2, -0.15) is 5.10 Å². The number of rotatable bonds is 7. The Kier molecular flexibility index (Phi) is 5.89. The smallest absolute Gasteiger partial charge is 0.175 e. The Morgan fingerprint density at radius 3 is 2.59 bits per heavy atom. The molecule has 0 radical (unpaired) electrons. The van der Waals surface area contributed by atoms with Crippen molar-refractivity contribution < 1.29 is 8.42 Å². The SMILES string of the molecule is Cc1c(-c2nccc3cnc(Nc4ccc(S(C)(=O)=O)cc4)cc23)ccc2nn(CCC3CNC3)cc12. The fourth-order valence-corrected chi connectivity index (χ4v) is 5.43. The normalized spacial score (nSPS) is 14.2. The fraction of sp³-hybridized carbons (Fsp3) is 0.250. The van der Waals surface area contributed by atoms with Crippen LogP contribution in [0.25, 0.3) is 32.9 Å². The lowest BCUT2D eigenvalue weighted by Crippen LogP contribution is -2.42. The summed E-state index contributed by atoms with van der Waals surface area (Å²) >= 11 is 0. The molecule has 1 aliphatic rings. The van der Waals surface area contributed by atoms with E-state index in [1.54, 1.807) is 24.3 Å². The first-order valence-electron chi connectivity index (χ1n) is 12.3. The van der Waals surface area contributed by atoms with Gasteiger partial charge in [0.05, 0.1) is 16.1 Å².